The van der Waals surface area contributed by atoms with E-state index in [4.69, 9.17) is 16.1 Å². The lowest BCUT2D eigenvalue weighted by Crippen LogP contribution is -2.16. The minimum Gasteiger partial charge on any atom is -0.372 e. The monoisotopic (exact) mass is 760 g/mol. The van der Waals surface area contributed by atoms with Crippen molar-refractivity contribution in [1.82, 2.24) is 4.98 Å². The number of anilines is 1. The van der Waals surface area contributed by atoms with Gasteiger partial charge in [-0.05, 0) is 85.1 Å². The third-order valence-corrected chi connectivity index (χ3v) is 9.70. The fraction of sp³-hybridized carbons (Fsp3) is 0.148. The van der Waals surface area contributed by atoms with Crippen LogP contribution < -0.4 is 11.1 Å². The van der Waals surface area contributed by atoms with Crippen LogP contribution >= 0.6 is 0 Å². The summed E-state index contributed by atoms with van der Waals surface area (Å²) < 4.78 is 0. The largest absolute Gasteiger partial charge is 0.372 e. The van der Waals surface area contributed by atoms with E-state index in [0.29, 0.717) is 0 Å². The van der Waals surface area contributed by atoms with E-state index in [1.54, 1.807) is 0 Å². The van der Waals surface area contributed by atoms with Crippen molar-refractivity contribution < 1.29 is 0 Å². The second-order valence-corrected chi connectivity index (χ2v) is 13.1. The van der Waals surface area contributed by atoms with Gasteiger partial charge in [-0.15, -0.1) is 0 Å². The van der Waals surface area contributed by atoms with Gasteiger partial charge in [-0.25, -0.2) is 0 Å². The van der Waals surface area contributed by atoms with Crippen LogP contribution in [-0.2, 0) is 0 Å². The summed E-state index contributed by atoms with van der Waals surface area (Å²) in [5, 5.41) is 14.2. The maximum atomic E-state index is 7.04. The quantitative estimate of drug-likeness (QED) is 0.148. The normalized spacial score (nSPS) is 12.6. The van der Waals surface area contributed by atoms with Gasteiger partial charge in [0.2, 0.25) is 0 Å². The van der Waals surface area contributed by atoms with Crippen molar-refractivity contribution in [1.29, 1.82) is 5.41 Å². The van der Waals surface area contributed by atoms with E-state index in [0.717, 1.165) is 50.0 Å². The van der Waals surface area contributed by atoms with Gasteiger partial charge in [0.25, 0.3) is 0 Å². The number of fused-ring (bicyclic) bond motifs is 4. The summed E-state index contributed by atoms with van der Waals surface area (Å²) in [5.41, 5.74) is 19.2. The zero-order valence-corrected chi connectivity index (χ0v) is 34.7. The van der Waals surface area contributed by atoms with Crippen LogP contribution in [0.4, 0.5) is 5.69 Å². The highest BCUT2D eigenvalue weighted by atomic mass is 14.9. The Morgan fingerprint density at radius 3 is 1.84 bits per heavy atom. The molecule has 1 aliphatic heterocycles. The van der Waals surface area contributed by atoms with Crippen molar-refractivity contribution in [2.45, 2.75) is 53.6 Å². The van der Waals surface area contributed by atoms with Crippen molar-refractivity contribution in [2.24, 2.45) is 5.73 Å². The summed E-state index contributed by atoms with van der Waals surface area (Å²) in [4.78, 5) is 4.71. The number of pyridine rings is 1. The fourth-order valence-corrected chi connectivity index (χ4v) is 6.88. The lowest BCUT2D eigenvalue weighted by atomic mass is 9.89. The van der Waals surface area contributed by atoms with Gasteiger partial charge < -0.3 is 16.5 Å². The topological polar surface area (TPSA) is 74.8 Å². The molecule has 0 spiro atoms. The molecule has 2 unspecified atom stereocenters. The molecule has 8 aromatic rings. The summed E-state index contributed by atoms with van der Waals surface area (Å²) in [6, 6.07) is 58.7. The molecule has 9 rings (SSSR count). The van der Waals surface area contributed by atoms with Gasteiger partial charge in [-0.2, -0.15) is 0 Å². The maximum Gasteiger partial charge on any atom is 0.0939 e. The number of nitrogens with two attached hydrogens (primary N) is 1. The first-order chi connectivity index (χ1) is 28.6. The van der Waals surface area contributed by atoms with Gasteiger partial charge >= 0.3 is 0 Å². The Balaban J connectivity index is 0.000000398. The molecule has 0 bridgehead atoms. The van der Waals surface area contributed by atoms with Crippen LogP contribution in [0.15, 0.2) is 182 Å². The molecular weight excluding hydrogens is 705 g/mol. The van der Waals surface area contributed by atoms with Crippen molar-refractivity contribution in [3.8, 4) is 22.3 Å². The molecule has 2 atom stereocenters. The summed E-state index contributed by atoms with van der Waals surface area (Å²) >= 11 is 0. The van der Waals surface area contributed by atoms with Crippen LogP contribution in [0, 0.1) is 5.41 Å². The summed E-state index contributed by atoms with van der Waals surface area (Å²) in [7, 11) is 0. The van der Waals surface area contributed by atoms with E-state index in [2.05, 4.69) is 145 Å². The van der Waals surface area contributed by atoms with Crippen molar-refractivity contribution in [3.63, 3.8) is 0 Å². The molecule has 292 valence electrons. The van der Waals surface area contributed by atoms with E-state index in [-0.39, 0.29) is 12.1 Å². The second kappa shape index (κ2) is 21.6. The molecular formula is C54H56N4. The molecule has 2 heterocycles. The number of hydrogen-bond donors (Lipinski definition) is 3. The Hall–Kier alpha value is -6.62. The number of nitrogens with one attached hydrogen (secondary N) is 2. The lowest BCUT2D eigenvalue weighted by Gasteiger charge is -2.25. The predicted molar refractivity (Wildman–Crippen MR) is 253 cm³/mol. The standard InChI is InChI=1S/C41H31N3.C7H7N.3C2H6/c42-39(30-15-12-29(13-16-30)27-7-2-1-3-8-27)37-25-35(34-19-14-28-9-4-5-10-33(28)23-34)24-36(26-37)38-21-20-32-18-17-31-11-6-22-43-40(31)41(32)44-38;8-6-7-4-2-1-3-5-7;3*1-2/h1-26,38-39,44H,42H2;1-6,8H;3*1-2H3. The minimum absolute atomic E-state index is 0.0260. The van der Waals surface area contributed by atoms with Gasteiger partial charge in [-0.1, -0.05) is 199 Å². The number of benzene rings is 7. The van der Waals surface area contributed by atoms with Crippen LogP contribution in [0.5, 0.6) is 0 Å². The molecule has 58 heavy (non-hydrogen) atoms. The Morgan fingerprint density at radius 2 is 1.16 bits per heavy atom. The van der Waals surface area contributed by atoms with Crippen LogP contribution in [0.2, 0.25) is 0 Å². The summed E-state index contributed by atoms with van der Waals surface area (Å²) in [6.07, 6.45) is 7.63. The molecule has 7 aromatic carbocycles. The van der Waals surface area contributed by atoms with E-state index >= 15 is 0 Å². The molecule has 0 fully saturated rings. The molecule has 0 radical (unpaired) electrons. The minimum atomic E-state index is -0.277. The number of nitrogens with zero attached hydrogens (tertiary/aromatic N) is 1. The first kappa shape index (κ1) is 42.5. The Kier molecular flexibility index (Phi) is 15.8. The van der Waals surface area contributed by atoms with Crippen LogP contribution in [0.25, 0.3) is 50.0 Å². The number of aromatic nitrogens is 1. The van der Waals surface area contributed by atoms with Crippen LogP contribution in [-0.4, -0.2) is 11.2 Å². The Bertz CT molecular complexity index is 2520. The molecule has 1 aliphatic rings. The molecule has 0 saturated carbocycles. The van der Waals surface area contributed by atoms with Crippen molar-refractivity contribution in [3.05, 3.63) is 210 Å². The average molecular weight is 761 g/mol. The Labute approximate surface area is 345 Å². The third-order valence-electron chi connectivity index (χ3n) is 9.70. The van der Waals surface area contributed by atoms with Gasteiger partial charge in [0, 0.05) is 17.8 Å². The van der Waals surface area contributed by atoms with Gasteiger partial charge in [0.1, 0.15) is 0 Å². The summed E-state index contributed by atoms with van der Waals surface area (Å²) in [5.74, 6) is 0. The van der Waals surface area contributed by atoms with Crippen molar-refractivity contribution >= 4 is 39.7 Å². The number of rotatable bonds is 6. The van der Waals surface area contributed by atoms with E-state index in [9.17, 15) is 0 Å². The third kappa shape index (κ3) is 10.2. The number of hydrogen-bond acceptors (Lipinski definition) is 4. The molecule has 4 heteroatoms. The van der Waals surface area contributed by atoms with E-state index in [1.807, 2.05) is 90.2 Å². The maximum absolute atomic E-state index is 7.04. The Morgan fingerprint density at radius 1 is 0.552 bits per heavy atom. The molecule has 4 N–H and O–H groups in total. The lowest BCUT2D eigenvalue weighted by molar-refractivity contribution is 0.863. The average Bonchev–Trinajstić information content (AvgIpc) is 3.33. The highest BCUT2D eigenvalue weighted by molar-refractivity contribution is 5.96. The zero-order chi connectivity index (χ0) is 41.3. The van der Waals surface area contributed by atoms with Crippen LogP contribution in [0.1, 0.15) is 81.4 Å². The van der Waals surface area contributed by atoms with Gasteiger partial charge in [0.05, 0.1) is 23.3 Å². The highest BCUT2D eigenvalue weighted by Crippen LogP contribution is 2.38. The van der Waals surface area contributed by atoms with Crippen LogP contribution in [0.3, 0.4) is 0 Å². The van der Waals surface area contributed by atoms with E-state index in [1.165, 1.54) is 33.7 Å². The SMILES string of the molecule is CC.CC.CC.N=Cc1ccccc1.NC(c1ccc(-c2ccccc2)cc1)c1cc(-c2ccc3ccccc3c2)cc(C2C=Cc3ccc4cccnc4c3N2)c1. The van der Waals surface area contributed by atoms with Gasteiger partial charge in [0.15, 0.2) is 0 Å². The van der Waals surface area contributed by atoms with E-state index < -0.39 is 0 Å². The summed E-state index contributed by atoms with van der Waals surface area (Å²) in [6.45, 7) is 12.0. The van der Waals surface area contributed by atoms with Crippen molar-refractivity contribution in [2.75, 3.05) is 5.32 Å². The predicted octanol–water partition coefficient (Wildman–Crippen LogP) is 14.7. The zero-order valence-electron chi connectivity index (χ0n) is 34.7. The first-order valence-electron chi connectivity index (χ1n) is 20.6. The first-order valence-corrected chi connectivity index (χ1v) is 20.6. The molecule has 0 amide bonds. The second-order valence-electron chi connectivity index (χ2n) is 13.1. The molecule has 0 saturated heterocycles. The fourth-order valence-electron chi connectivity index (χ4n) is 6.88. The molecule has 1 aromatic heterocycles. The molecule has 4 nitrogen and oxygen atoms in total. The smallest absolute Gasteiger partial charge is 0.0939 e. The van der Waals surface area contributed by atoms with Gasteiger partial charge in [-0.3, -0.25) is 4.98 Å². The highest BCUT2D eigenvalue weighted by Gasteiger charge is 2.20. The molecule has 0 aliphatic carbocycles.